The summed E-state index contributed by atoms with van der Waals surface area (Å²) in [4.78, 5) is 12.4. The van der Waals surface area contributed by atoms with Gasteiger partial charge >= 0.3 is 0 Å². The smallest absolute Gasteiger partial charge is 0.267 e. The molecule has 2 aliphatic rings. The summed E-state index contributed by atoms with van der Waals surface area (Å²) in [6, 6.07) is 11.3. The predicted molar refractivity (Wildman–Crippen MR) is 102 cm³/mol. The highest BCUT2D eigenvalue weighted by Crippen LogP contribution is 2.38. The molecule has 2 fully saturated rings. The Labute approximate surface area is 156 Å². The van der Waals surface area contributed by atoms with E-state index in [2.05, 4.69) is 20.6 Å². The molecule has 2 unspecified atom stereocenters. The van der Waals surface area contributed by atoms with Gasteiger partial charge < -0.3 is 10.1 Å². The Kier molecular flexibility index (Phi) is 3.89. The van der Waals surface area contributed by atoms with Gasteiger partial charge in [0.25, 0.3) is 5.56 Å². The molecule has 0 bridgehead atoms. The van der Waals surface area contributed by atoms with Gasteiger partial charge in [0.1, 0.15) is 6.04 Å². The van der Waals surface area contributed by atoms with Crippen LogP contribution in [0.1, 0.15) is 36.2 Å². The van der Waals surface area contributed by atoms with Crippen molar-refractivity contribution < 1.29 is 4.74 Å². The van der Waals surface area contributed by atoms with Gasteiger partial charge in [-0.3, -0.25) is 4.79 Å². The fourth-order valence-electron chi connectivity index (χ4n) is 3.72. The van der Waals surface area contributed by atoms with Crippen LogP contribution < -0.4 is 10.9 Å². The van der Waals surface area contributed by atoms with E-state index in [4.69, 9.17) is 4.74 Å². The minimum absolute atomic E-state index is 0.0925. The van der Waals surface area contributed by atoms with E-state index >= 15 is 0 Å². The minimum Gasteiger partial charge on any atom is -0.377 e. The number of rotatable bonds is 4. The number of hydrogen-bond acceptors (Lipinski definition) is 6. The number of aryl methyl sites for hydroxylation is 1. The molecule has 0 amide bonds. The lowest BCUT2D eigenvalue weighted by Gasteiger charge is -2.21. The van der Waals surface area contributed by atoms with Crippen molar-refractivity contribution in [2.45, 2.75) is 37.8 Å². The first-order chi connectivity index (χ1) is 13.2. The monoisotopic (exact) mass is 363 g/mol. The zero-order valence-electron chi connectivity index (χ0n) is 15.1. The maximum Gasteiger partial charge on any atom is 0.267 e. The molecule has 1 aliphatic carbocycles. The normalized spacial score (nSPS) is 22.3. The average Bonchev–Trinajstić information content (AvgIpc) is 3.44. The third-order valence-electron chi connectivity index (χ3n) is 5.40. The van der Waals surface area contributed by atoms with Crippen molar-refractivity contribution in [2.75, 3.05) is 18.5 Å². The number of benzene rings is 1. The topological polar surface area (TPSA) is 81.9 Å². The van der Waals surface area contributed by atoms with Crippen LogP contribution in [0.4, 0.5) is 5.82 Å². The number of nitrogens with zero attached hydrogens (tertiary/aromatic N) is 4. The van der Waals surface area contributed by atoms with Crippen molar-refractivity contribution in [1.82, 2.24) is 20.0 Å². The summed E-state index contributed by atoms with van der Waals surface area (Å²) in [5, 5.41) is 18.8. The van der Waals surface area contributed by atoms with Crippen LogP contribution >= 0.6 is 0 Å². The zero-order valence-corrected chi connectivity index (χ0v) is 15.1. The van der Waals surface area contributed by atoms with Crippen molar-refractivity contribution in [3.8, 4) is 0 Å². The van der Waals surface area contributed by atoms with Crippen molar-refractivity contribution in [3.63, 3.8) is 0 Å². The maximum absolute atomic E-state index is 12.4. The molecule has 3 heterocycles. The highest BCUT2D eigenvalue weighted by Gasteiger charge is 2.33. The molecule has 1 aromatic carbocycles. The van der Waals surface area contributed by atoms with Gasteiger partial charge in [-0.2, -0.15) is 10.2 Å². The number of anilines is 1. The Balaban J connectivity index is 1.49. The molecule has 27 heavy (non-hydrogen) atoms. The molecule has 138 valence electrons. The van der Waals surface area contributed by atoms with Gasteiger partial charge in [0.05, 0.1) is 30.6 Å². The number of fused-ring (bicyclic) bond motifs is 1. The van der Waals surface area contributed by atoms with E-state index in [-0.39, 0.29) is 17.6 Å². The molecule has 1 aliphatic heterocycles. The first kappa shape index (κ1) is 16.4. The summed E-state index contributed by atoms with van der Waals surface area (Å²) in [6.07, 6.45) is 2.30. The molecule has 7 heteroatoms. The van der Waals surface area contributed by atoms with Crippen LogP contribution in [0.2, 0.25) is 0 Å². The van der Waals surface area contributed by atoms with E-state index in [1.807, 2.05) is 37.3 Å². The molecule has 0 radical (unpaired) electrons. The van der Waals surface area contributed by atoms with E-state index in [0.717, 1.165) is 35.0 Å². The van der Waals surface area contributed by atoms with Crippen LogP contribution in [0.25, 0.3) is 10.8 Å². The Bertz CT molecular complexity index is 1060. The van der Waals surface area contributed by atoms with Crippen LogP contribution in [0, 0.1) is 6.92 Å². The number of nitrogens with one attached hydrogen (secondary N) is 1. The second-order valence-electron chi connectivity index (χ2n) is 7.35. The number of aromatic nitrogens is 4. The van der Waals surface area contributed by atoms with E-state index in [1.165, 1.54) is 0 Å². The van der Waals surface area contributed by atoms with E-state index in [9.17, 15) is 4.79 Å². The van der Waals surface area contributed by atoms with Crippen LogP contribution in [0.15, 0.2) is 41.2 Å². The second kappa shape index (κ2) is 6.42. The van der Waals surface area contributed by atoms with Gasteiger partial charge in [-0.1, -0.05) is 24.3 Å². The van der Waals surface area contributed by atoms with E-state index in [0.29, 0.717) is 24.9 Å². The summed E-state index contributed by atoms with van der Waals surface area (Å²) in [6.45, 7) is 2.90. The predicted octanol–water partition coefficient (Wildman–Crippen LogP) is 2.42. The fourth-order valence-corrected chi connectivity index (χ4v) is 3.72. The first-order valence-electron chi connectivity index (χ1n) is 9.37. The molecule has 5 rings (SSSR count). The molecule has 7 nitrogen and oxygen atoms in total. The summed E-state index contributed by atoms with van der Waals surface area (Å²) >= 11 is 0. The van der Waals surface area contributed by atoms with Crippen LogP contribution in [0.5, 0.6) is 0 Å². The zero-order chi connectivity index (χ0) is 18.4. The molecular weight excluding hydrogens is 342 g/mol. The lowest BCUT2D eigenvalue weighted by molar-refractivity contribution is 0.182. The molecule has 2 atom stereocenters. The van der Waals surface area contributed by atoms with Crippen molar-refractivity contribution in [3.05, 3.63) is 58.1 Å². The van der Waals surface area contributed by atoms with E-state index < -0.39 is 0 Å². The van der Waals surface area contributed by atoms with Gasteiger partial charge in [0.15, 0.2) is 5.82 Å². The molecule has 1 saturated carbocycles. The van der Waals surface area contributed by atoms with Crippen LogP contribution in [-0.4, -0.2) is 39.2 Å². The first-order valence-corrected chi connectivity index (χ1v) is 9.37. The largest absolute Gasteiger partial charge is 0.377 e. The van der Waals surface area contributed by atoms with Gasteiger partial charge in [-0.25, -0.2) is 4.68 Å². The summed E-state index contributed by atoms with van der Waals surface area (Å²) in [5.41, 5.74) is 1.80. The van der Waals surface area contributed by atoms with Crippen molar-refractivity contribution in [1.29, 1.82) is 0 Å². The average molecular weight is 363 g/mol. The lowest BCUT2D eigenvalue weighted by atomic mass is 10.1. The van der Waals surface area contributed by atoms with Gasteiger partial charge in [-0.15, -0.1) is 5.10 Å². The highest BCUT2D eigenvalue weighted by atomic mass is 16.5. The third kappa shape index (κ3) is 2.98. The van der Waals surface area contributed by atoms with Crippen LogP contribution in [-0.2, 0) is 4.74 Å². The number of ether oxygens (including phenoxy) is 1. The van der Waals surface area contributed by atoms with E-state index in [1.54, 1.807) is 10.7 Å². The maximum atomic E-state index is 12.4. The summed E-state index contributed by atoms with van der Waals surface area (Å²) < 4.78 is 7.28. The Hall–Kier alpha value is -2.80. The second-order valence-corrected chi connectivity index (χ2v) is 7.35. The number of hydrogen-bond donors (Lipinski definition) is 1. The molecule has 1 saturated heterocycles. The SMILES string of the molecule is Cc1nnc(NC2COCC2n2nc(C3CC3)ccc2=O)c2ccccc12. The summed E-state index contributed by atoms with van der Waals surface area (Å²) in [5.74, 6) is 1.21. The Morgan fingerprint density at radius 3 is 2.70 bits per heavy atom. The van der Waals surface area contributed by atoms with Crippen molar-refractivity contribution >= 4 is 16.6 Å². The molecule has 2 aromatic heterocycles. The molecule has 3 aromatic rings. The van der Waals surface area contributed by atoms with Gasteiger partial charge in [0.2, 0.25) is 0 Å². The Morgan fingerprint density at radius 1 is 1.07 bits per heavy atom. The molecule has 0 spiro atoms. The van der Waals surface area contributed by atoms with Crippen LogP contribution in [0.3, 0.4) is 0 Å². The van der Waals surface area contributed by atoms with Gasteiger partial charge in [-0.05, 0) is 25.8 Å². The molecule has 1 N–H and O–H groups in total. The molecular formula is C20H21N5O2. The quantitative estimate of drug-likeness (QED) is 0.767. The standard InChI is InChI=1S/C20H21N5O2/c1-12-14-4-2-3-5-15(14)20(23-22-12)21-17-10-27-11-18(17)25-19(26)9-8-16(24-25)13-6-7-13/h2-5,8-9,13,17-18H,6-7,10-11H2,1H3,(H,21,23). The highest BCUT2D eigenvalue weighted by molar-refractivity contribution is 5.92. The lowest BCUT2D eigenvalue weighted by Crippen LogP contribution is -2.37. The third-order valence-corrected chi connectivity index (χ3v) is 5.40. The fraction of sp³-hybridized carbons (Fsp3) is 0.400. The minimum atomic E-state index is -0.168. The Morgan fingerprint density at radius 2 is 1.89 bits per heavy atom. The van der Waals surface area contributed by atoms with Gasteiger partial charge in [0, 0.05) is 22.8 Å². The summed E-state index contributed by atoms with van der Waals surface area (Å²) in [7, 11) is 0. The van der Waals surface area contributed by atoms with Crippen molar-refractivity contribution in [2.24, 2.45) is 0 Å².